The normalized spacial score (nSPS) is 10.6. The number of nitrogen functional groups attached to an aromatic ring is 1. The maximum Gasteiger partial charge on any atom is 0.0396 e. The van der Waals surface area contributed by atoms with Crippen LogP contribution in [0.15, 0.2) is 36.4 Å². The SMILES string of the molecule is CCc1ccc(CC)c(-c2ccc(C)cc2N)c1. The number of benzene rings is 2. The van der Waals surface area contributed by atoms with Crippen LogP contribution < -0.4 is 5.73 Å². The van der Waals surface area contributed by atoms with E-state index in [1.54, 1.807) is 0 Å². The van der Waals surface area contributed by atoms with E-state index in [-0.39, 0.29) is 0 Å². The second kappa shape index (κ2) is 5.26. The molecule has 1 heteroatoms. The summed E-state index contributed by atoms with van der Waals surface area (Å²) in [6.07, 6.45) is 2.09. The number of hydrogen-bond acceptors (Lipinski definition) is 1. The molecule has 0 aliphatic rings. The quantitative estimate of drug-likeness (QED) is 0.791. The first-order valence-electron chi connectivity index (χ1n) is 6.64. The molecule has 2 aromatic carbocycles. The maximum absolute atomic E-state index is 6.17. The van der Waals surface area contributed by atoms with Gasteiger partial charge in [-0.1, -0.05) is 44.2 Å². The van der Waals surface area contributed by atoms with E-state index in [0.29, 0.717) is 0 Å². The third-order valence-electron chi connectivity index (χ3n) is 3.46. The monoisotopic (exact) mass is 239 g/mol. The van der Waals surface area contributed by atoms with Crippen molar-refractivity contribution in [1.29, 1.82) is 0 Å². The predicted molar refractivity (Wildman–Crippen MR) is 79.8 cm³/mol. The van der Waals surface area contributed by atoms with Gasteiger partial charge in [0, 0.05) is 11.3 Å². The molecule has 0 aliphatic carbocycles. The van der Waals surface area contributed by atoms with Gasteiger partial charge in [0.25, 0.3) is 0 Å². The lowest BCUT2D eigenvalue weighted by Gasteiger charge is -2.13. The molecule has 0 heterocycles. The summed E-state index contributed by atoms with van der Waals surface area (Å²) in [5, 5.41) is 0. The minimum atomic E-state index is 0.873. The minimum Gasteiger partial charge on any atom is -0.398 e. The molecule has 2 rings (SSSR count). The molecule has 0 atom stereocenters. The maximum atomic E-state index is 6.17. The highest BCUT2D eigenvalue weighted by atomic mass is 14.6. The smallest absolute Gasteiger partial charge is 0.0396 e. The summed E-state index contributed by atoms with van der Waals surface area (Å²) >= 11 is 0. The first-order valence-corrected chi connectivity index (χ1v) is 6.64. The van der Waals surface area contributed by atoms with Gasteiger partial charge in [-0.15, -0.1) is 0 Å². The van der Waals surface area contributed by atoms with Gasteiger partial charge >= 0.3 is 0 Å². The van der Waals surface area contributed by atoms with Crippen molar-refractivity contribution in [2.75, 3.05) is 5.73 Å². The van der Waals surface area contributed by atoms with E-state index in [2.05, 4.69) is 51.1 Å². The third-order valence-corrected chi connectivity index (χ3v) is 3.46. The lowest BCUT2D eigenvalue weighted by Crippen LogP contribution is -1.95. The molecule has 18 heavy (non-hydrogen) atoms. The van der Waals surface area contributed by atoms with Crippen LogP contribution in [0.5, 0.6) is 0 Å². The second-order valence-corrected chi connectivity index (χ2v) is 4.79. The van der Waals surface area contributed by atoms with Gasteiger partial charge in [0.1, 0.15) is 0 Å². The van der Waals surface area contributed by atoms with E-state index in [1.165, 1.54) is 22.3 Å². The van der Waals surface area contributed by atoms with Crippen LogP contribution in [0.2, 0.25) is 0 Å². The Morgan fingerprint density at radius 1 is 0.889 bits per heavy atom. The number of rotatable bonds is 3. The summed E-state index contributed by atoms with van der Waals surface area (Å²) in [7, 11) is 0. The molecule has 0 saturated heterocycles. The molecule has 0 aromatic heterocycles. The van der Waals surface area contributed by atoms with Crippen LogP contribution in [-0.2, 0) is 12.8 Å². The Bertz CT molecular complexity index is 556. The summed E-state index contributed by atoms with van der Waals surface area (Å²) < 4.78 is 0. The summed E-state index contributed by atoms with van der Waals surface area (Å²) in [4.78, 5) is 0. The van der Waals surface area contributed by atoms with Gasteiger partial charge in [-0.05, 0) is 48.1 Å². The van der Waals surface area contributed by atoms with E-state index < -0.39 is 0 Å². The van der Waals surface area contributed by atoms with Crippen LogP contribution in [0.3, 0.4) is 0 Å². The molecule has 0 bridgehead atoms. The van der Waals surface area contributed by atoms with Crippen molar-refractivity contribution < 1.29 is 0 Å². The highest BCUT2D eigenvalue weighted by molar-refractivity contribution is 5.79. The Kier molecular flexibility index (Phi) is 3.71. The van der Waals surface area contributed by atoms with E-state index in [4.69, 9.17) is 5.73 Å². The van der Waals surface area contributed by atoms with Crippen LogP contribution in [0.1, 0.15) is 30.5 Å². The van der Waals surface area contributed by atoms with Crippen molar-refractivity contribution in [3.05, 3.63) is 53.1 Å². The average Bonchev–Trinajstić information content (AvgIpc) is 2.38. The van der Waals surface area contributed by atoms with Gasteiger partial charge in [0.15, 0.2) is 0 Å². The van der Waals surface area contributed by atoms with Gasteiger partial charge in [-0.3, -0.25) is 0 Å². The van der Waals surface area contributed by atoms with Crippen molar-refractivity contribution in [1.82, 2.24) is 0 Å². The fourth-order valence-corrected chi connectivity index (χ4v) is 2.33. The zero-order chi connectivity index (χ0) is 13.1. The first kappa shape index (κ1) is 12.7. The van der Waals surface area contributed by atoms with Gasteiger partial charge in [0.05, 0.1) is 0 Å². The van der Waals surface area contributed by atoms with Gasteiger partial charge in [-0.25, -0.2) is 0 Å². The van der Waals surface area contributed by atoms with Crippen LogP contribution in [-0.4, -0.2) is 0 Å². The lowest BCUT2D eigenvalue weighted by atomic mass is 9.93. The third kappa shape index (κ3) is 2.40. The number of aryl methyl sites for hydroxylation is 3. The minimum absolute atomic E-state index is 0.873. The van der Waals surface area contributed by atoms with Crippen molar-refractivity contribution in [3.63, 3.8) is 0 Å². The Morgan fingerprint density at radius 3 is 2.28 bits per heavy atom. The summed E-state index contributed by atoms with van der Waals surface area (Å²) in [5.74, 6) is 0. The van der Waals surface area contributed by atoms with Gasteiger partial charge in [-0.2, -0.15) is 0 Å². The van der Waals surface area contributed by atoms with E-state index in [9.17, 15) is 0 Å². The topological polar surface area (TPSA) is 26.0 Å². The molecule has 0 spiro atoms. The molecule has 0 amide bonds. The predicted octanol–water partition coefficient (Wildman–Crippen LogP) is 4.37. The van der Waals surface area contributed by atoms with Crippen LogP contribution in [0.4, 0.5) is 5.69 Å². The molecular formula is C17H21N. The summed E-state index contributed by atoms with van der Waals surface area (Å²) in [5.41, 5.74) is 13.4. The zero-order valence-corrected chi connectivity index (χ0v) is 11.5. The molecule has 2 N–H and O–H groups in total. The number of nitrogens with two attached hydrogens (primary N) is 1. The van der Waals surface area contributed by atoms with Crippen LogP contribution >= 0.6 is 0 Å². The number of anilines is 1. The Labute approximate surface area is 110 Å². The van der Waals surface area contributed by atoms with E-state index >= 15 is 0 Å². The Hall–Kier alpha value is -1.76. The molecule has 0 unspecified atom stereocenters. The van der Waals surface area contributed by atoms with Crippen LogP contribution in [0.25, 0.3) is 11.1 Å². The largest absolute Gasteiger partial charge is 0.398 e. The highest BCUT2D eigenvalue weighted by Crippen LogP contribution is 2.31. The molecule has 0 fully saturated rings. The van der Waals surface area contributed by atoms with E-state index in [0.717, 1.165) is 24.1 Å². The van der Waals surface area contributed by atoms with Crippen molar-refractivity contribution in [3.8, 4) is 11.1 Å². The molecular weight excluding hydrogens is 218 g/mol. The molecule has 1 nitrogen and oxygen atoms in total. The molecule has 0 saturated carbocycles. The molecule has 2 aromatic rings. The fourth-order valence-electron chi connectivity index (χ4n) is 2.33. The Morgan fingerprint density at radius 2 is 1.67 bits per heavy atom. The van der Waals surface area contributed by atoms with Crippen molar-refractivity contribution >= 4 is 5.69 Å². The first-order chi connectivity index (χ1) is 8.65. The van der Waals surface area contributed by atoms with Crippen molar-refractivity contribution in [2.24, 2.45) is 0 Å². The summed E-state index contributed by atoms with van der Waals surface area (Å²) in [6.45, 7) is 6.45. The Balaban J connectivity index is 2.60. The van der Waals surface area contributed by atoms with Crippen molar-refractivity contribution in [2.45, 2.75) is 33.6 Å². The standard InChI is InChI=1S/C17H21N/c1-4-13-7-8-14(5-2)16(11-13)15-9-6-12(3)10-17(15)18/h6-11H,4-5,18H2,1-3H3. The lowest BCUT2D eigenvalue weighted by molar-refractivity contribution is 1.10. The highest BCUT2D eigenvalue weighted by Gasteiger charge is 2.08. The van der Waals surface area contributed by atoms with E-state index in [1.807, 2.05) is 6.07 Å². The van der Waals surface area contributed by atoms with Gasteiger partial charge < -0.3 is 5.73 Å². The number of hydrogen-bond donors (Lipinski definition) is 1. The molecule has 0 aliphatic heterocycles. The van der Waals surface area contributed by atoms with Crippen LogP contribution in [0, 0.1) is 6.92 Å². The zero-order valence-electron chi connectivity index (χ0n) is 11.5. The fraction of sp³-hybridized carbons (Fsp3) is 0.294. The molecule has 94 valence electrons. The molecule has 0 radical (unpaired) electrons. The average molecular weight is 239 g/mol. The van der Waals surface area contributed by atoms with Gasteiger partial charge in [0.2, 0.25) is 0 Å². The summed E-state index contributed by atoms with van der Waals surface area (Å²) in [6, 6.07) is 13.0. The second-order valence-electron chi connectivity index (χ2n) is 4.79.